The van der Waals surface area contributed by atoms with Crippen LogP contribution in [0.1, 0.15) is 45.4 Å². The Bertz CT molecular complexity index is 318. The third-order valence-corrected chi connectivity index (χ3v) is 4.64. The van der Waals surface area contributed by atoms with Crippen LogP contribution in [0.2, 0.25) is 0 Å². The summed E-state index contributed by atoms with van der Waals surface area (Å²) in [5, 5.41) is 3.45. The Morgan fingerprint density at radius 3 is 2.90 bits per heavy atom. The lowest BCUT2D eigenvalue weighted by atomic mass is 9.89. The van der Waals surface area contributed by atoms with E-state index in [-0.39, 0.29) is 12.0 Å². The van der Waals surface area contributed by atoms with Gasteiger partial charge in [-0.1, -0.05) is 6.92 Å². The minimum atomic E-state index is -0.533. The minimum Gasteiger partial charge on any atom is -0.377 e. The molecule has 0 spiro atoms. The van der Waals surface area contributed by atoms with E-state index in [4.69, 9.17) is 10.5 Å². The second-order valence-electron chi connectivity index (χ2n) is 6.16. The van der Waals surface area contributed by atoms with Crippen LogP contribution in [0.4, 0.5) is 0 Å². The highest BCUT2D eigenvalue weighted by Gasteiger charge is 2.38. The molecule has 0 aliphatic carbocycles. The Balaban J connectivity index is 1.92. The van der Waals surface area contributed by atoms with Gasteiger partial charge in [0.25, 0.3) is 0 Å². The lowest BCUT2D eigenvalue weighted by Gasteiger charge is -2.32. The lowest BCUT2D eigenvalue weighted by Crippen LogP contribution is -2.57. The first kappa shape index (κ1) is 15.7. The van der Waals surface area contributed by atoms with E-state index in [1.54, 1.807) is 0 Å². The molecule has 2 unspecified atom stereocenters. The van der Waals surface area contributed by atoms with Gasteiger partial charge < -0.3 is 20.7 Å². The molecule has 0 bridgehead atoms. The maximum absolute atomic E-state index is 12.0. The van der Waals surface area contributed by atoms with Gasteiger partial charge in [0.1, 0.15) is 0 Å². The highest BCUT2D eigenvalue weighted by Crippen LogP contribution is 2.23. The summed E-state index contributed by atoms with van der Waals surface area (Å²) in [5.41, 5.74) is 5.18. The summed E-state index contributed by atoms with van der Waals surface area (Å²) in [6.07, 6.45) is 6.31. The van der Waals surface area contributed by atoms with Crippen molar-refractivity contribution in [1.29, 1.82) is 0 Å². The van der Waals surface area contributed by atoms with Gasteiger partial charge in [-0.25, -0.2) is 0 Å². The largest absolute Gasteiger partial charge is 0.377 e. The molecule has 0 radical (unpaired) electrons. The smallest absolute Gasteiger partial charge is 0.237 e. The number of nitrogens with one attached hydrogen (secondary N) is 1. The molecule has 2 heterocycles. The molecule has 2 aliphatic heterocycles. The van der Waals surface area contributed by atoms with Crippen LogP contribution in [0.25, 0.3) is 0 Å². The van der Waals surface area contributed by atoms with Crippen LogP contribution >= 0.6 is 0 Å². The number of primary amides is 1. The van der Waals surface area contributed by atoms with Crippen molar-refractivity contribution in [1.82, 2.24) is 10.2 Å². The number of amides is 1. The fraction of sp³-hybridized carbons (Fsp3) is 0.933. The van der Waals surface area contributed by atoms with Gasteiger partial charge in [-0.2, -0.15) is 0 Å². The summed E-state index contributed by atoms with van der Waals surface area (Å²) in [4.78, 5) is 14.4. The normalized spacial score (nSPS) is 32.1. The highest BCUT2D eigenvalue weighted by atomic mass is 16.5. The molecule has 2 fully saturated rings. The fourth-order valence-electron chi connectivity index (χ4n) is 3.35. The van der Waals surface area contributed by atoms with E-state index in [2.05, 4.69) is 17.1 Å². The van der Waals surface area contributed by atoms with E-state index in [1.807, 2.05) is 0 Å². The number of hydrogen-bond donors (Lipinski definition) is 2. The zero-order valence-electron chi connectivity index (χ0n) is 12.7. The molecule has 0 aromatic rings. The van der Waals surface area contributed by atoms with Gasteiger partial charge in [0.2, 0.25) is 5.91 Å². The molecule has 1 amide bonds. The predicted molar refractivity (Wildman–Crippen MR) is 79.5 cm³/mol. The highest BCUT2D eigenvalue weighted by molar-refractivity contribution is 5.84. The second-order valence-corrected chi connectivity index (χ2v) is 6.16. The van der Waals surface area contributed by atoms with Crippen LogP contribution < -0.4 is 11.1 Å². The van der Waals surface area contributed by atoms with Gasteiger partial charge in [-0.3, -0.25) is 4.79 Å². The van der Waals surface area contributed by atoms with Crippen molar-refractivity contribution in [2.45, 2.75) is 57.1 Å². The molecule has 0 aromatic carbocycles. The first-order valence-corrected chi connectivity index (χ1v) is 8.05. The fourth-order valence-corrected chi connectivity index (χ4v) is 3.35. The number of ether oxygens (including phenoxy) is 1. The average molecular weight is 283 g/mol. The molecule has 0 aromatic heterocycles. The van der Waals surface area contributed by atoms with Gasteiger partial charge >= 0.3 is 0 Å². The standard InChI is InChI=1S/C15H29N3O2/c1-2-8-18-9-4-6-15(7-10-18,14(16)19)17-12-13-5-3-11-20-13/h13,17H,2-12H2,1H3,(H2,16,19). The van der Waals surface area contributed by atoms with E-state index < -0.39 is 5.54 Å². The van der Waals surface area contributed by atoms with Gasteiger partial charge in [0, 0.05) is 19.7 Å². The molecule has 2 aliphatic rings. The quantitative estimate of drug-likeness (QED) is 0.759. The third kappa shape index (κ3) is 3.93. The Labute approximate surface area is 122 Å². The van der Waals surface area contributed by atoms with E-state index in [9.17, 15) is 4.79 Å². The topological polar surface area (TPSA) is 67.6 Å². The van der Waals surface area contributed by atoms with E-state index >= 15 is 0 Å². The SMILES string of the molecule is CCCN1CCCC(NCC2CCCO2)(C(N)=O)CC1. The molecule has 3 N–H and O–H groups in total. The van der Waals surface area contributed by atoms with E-state index in [0.29, 0.717) is 0 Å². The van der Waals surface area contributed by atoms with Crippen molar-refractivity contribution in [3.63, 3.8) is 0 Å². The summed E-state index contributed by atoms with van der Waals surface area (Å²) >= 11 is 0. The second kappa shape index (κ2) is 7.38. The molecule has 5 nitrogen and oxygen atoms in total. The van der Waals surface area contributed by atoms with Gasteiger partial charge in [-0.15, -0.1) is 0 Å². The first-order chi connectivity index (χ1) is 9.66. The molecule has 116 valence electrons. The monoisotopic (exact) mass is 283 g/mol. The minimum absolute atomic E-state index is 0.200. The number of carbonyl (C=O) groups is 1. The van der Waals surface area contributed by atoms with Gasteiger partial charge in [0.05, 0.1) is 11.6 Å². The number of likely N-dealkylation sites (tertiary alicyclic amines) is 1. The molecular formula is C15H29N3O2. The van der Waals surface area contributed by atoms with Crippen LogP contribution in [-0.2, 0) is 9.53 Å². The summed E-state index contributed by atoms with van der Waals surface area (Å²) < 4.78 is 5.63. The summed E-state index contributed by atoms with van der Waals surface area (Å²) in [6, 6.07) is 0. The van der Waals surface area contributed by atoms with E-state index in [0.717, 1.165) is 71.3 Å². The Hall–Kier alpha value is -0.650. The van der Waals surface area contributed by atoms with Crippen LogP contribution in [0.3, 0.4) is 0 Å². The van der Waals surface area contributed by atoms with Crippen LogP contribution in [0, 0.1) is 0 Å². The van der Waals surface area contributed by atoms with Crippen molar-refractivity contribution in [2.75, 3.05) is 32.8 Å². The third-order valence-electron chi connectivity index (χ3n) is 4.64. The maximum Gasteiger partial charge on any atom is 0.237 e. The molecule has 2 rings (SSSR count). The van der Waals surface area contributed by atoms with Crippen molar-refractivity contribution in [3.05, 3.63) is 0 Å². The number of nitrogens with zero attached hydrogens (tertiary/aromatic N) is 1. The van der Waals surface area contributed by atoms with Gasteiger partial charge in [-0.05, 0) is 51.6 Å². The predicted octanol–water partition coefficient (Wildman–Crippen LogP) is 0.875. The average Bonchev–Trinajstić information content (AvgIpc) is 2.85. The summed E-state index contributed by atoms with van der Waals surface area (Å²) in [6.45, 7) is 6.93. The van der Waals surface area contributed by atoms with Crippen molar-refractivity contribution < 1.29 is 9.53 Å². The Morgan fingerprint density at radius 2 is 2.25 bits per heavy atom. The Morgan fingerprint density at radius 1 is 1.40 bits per heavy atom. The van der Waals surface area contributed by atoms with Crippen molar-refractivity contribution in [3.8, 4) is 0 Å². The molecule has 2 saturated heterocycles. The number of carbonyl (C=O) groups excluding carboxylic acids is 1. The Kier molecular flexibility index (Phi) is 5.81. The lowest BCUT2D eigenvalue weighted by molar-refractivity contribution is -0.125. The number of rotatable bonds is 6. The zero-order valence-corrected chi connectivity index (χ0v) is 12.7. The summed E-state index contributed by atoms with van der Waals surface area (Å²) in [5.74, 6) is -0.200. The molecule has 5 heteroatoms. The van der Waals surface area contributed by atoms with Crippen molar-refractivity contribution in [2.24, 2.45) is 5.73 Å². The number of nitrogens with two attached hydrogens (primary N) is 1. The number of hydrogen-bond acceptors (Lipinski definition) is 4. The van der Waals surface area contributed by atoms with E-state index in [1.165, 1.54) is 0 Å². The maximum atomic E-state index is 12.0. The van der Waals surface area contributed by atoms with Crippen LogP contribution in [-0.4, -0.2) is 55.2 Å². The molecular weight excluding hydrogens is 254 g/mol. The molecule has 2 atom stereocenters. The van der Waals surface area contributed by atoms with Crippen LogP contribution in [0.15, 0.2) is 0 Å². The van der Waals surface area contributed by atoms with Crippen molar-refractivity contribution >= 4 is 5.91 Å². The molecule has 20 heavy (non-hydrogen) atoms. The zero-order chi connectivity index (χ0) is 14.4. The summed E-state index contributed by atoms with van der Waals surface area (Å²) in [7, 11) is 0. The molecule has 0 saturated carbocycles. The van der Waals surface area contributed by atoms with Gasteiger partial charge in [0.15, 0.2) is 0 Å². The first-order valence-electron chi connectivity index (χ1n) is 8.05. The van der Waals surface area contributed by atoms with Crippen LogP contribution in [0.5, 0.6) is 0 Å².